The van der Waals surface area contributed by atoms with Crippen molar-refractivity contribution in [1.29, 1.82) is 5.26 Å². The first kappa shape index (κ1) is 9.85. The quantitative estimate of drug-likeness (QED) is 0.148. The minimum atomic E-state index is -0.931. The molecule has 0 heterocycles. The van der Waals surface area contributed by atoms with Gasteiger partial charge in [-0.2, -0.15) is 5.26 Å². The molecule has 0 fully saturated rings. The van der Waals surface area contributed by atoms with E-state index in [0.717, 1.165) is 6.19 Å². The van der Waals surface area contributed by atoms with E-state index in [9.17, 15) is 0 Å². The van der Waals surface area contributed by atoms with Crippen molar-refractivity contribution < 1.29 is 5.03 Å². The number of nitrogens with one attached hydrogen (secondary N) is 1. The second kappa shape index (κ2) is 5.69. The van der Waals surface area contributed by atoms with Crippen molar-refractivity contribution in [3.8, 4) is 6.19 Å². The Morgan fingerprint density at radius 2 is 2.29 bits per heavy atom. The van der Waals surface area contributed by atoms with Crippen molar-refractivity contribution in [1.82, 2.24) is 5.43 Å². The Bertz CT molecular complexity index is 95.6. The van der Waals surface area contributed by atoms with Crippen LogP contribution in [0.2, 0.25) is 0 Å². The molecule has 0 spiro atoms. The van der Waals surface area contributed by atoms with E-state index in [2.05, 4.69) is 0 Å². The van der Waals surface area contributed by atoms with Crippen LogP contribution in [0, 0.1) is 21.6 Å². The van der Waals surface area contributed by atoms with Gasteiger partial charge in [0.05, 0.1) is 0 Å². The summed E-state index contributed by atoms with van der Waals surface area (Å²) in [5.74, 6) is 0. The first-order chi connectivity index (χ1) is 2.77. The van der Waals surface area contributed by atoms with Crippen LogP contribution >= 0.6 is 0 Å². The zero-order valence-corrected chi connectivity index (χ0v) is 2.71. The zero-order valence-electron chi connectivity index (χ0n) is 2.71. The maximum atomic E-state index is 9.07. The summed E-state index contributed by atoms with van der Waals surface area (Å²) in [5.41, 5.74) is 1.24. The van der Waals surface area contributed by atoms with E-state index in [1.165, 1.54) is 5.43 Å². The van der Waals surface area contributed by atoms with Crippen LogP contribution in [0.3, 0.4) is 0 Å². The van der Waals surface area contributed by atoms with Crippen LogP contribution in [0.4, 0.5) is 0 Å². The van der Waals surface area contributed by atoms with Gasteiger partial charge >= 0.3 is 29.6 Å². The predicted molar refractivity (Wildman–Crippen MR) is 22.9 cm³/mol. The molecule has 0 aliphatic rings. The predicted octanol–water partition coefficient (Wildman–Crippen LogP) is -1.40. The molecule has 0 radical (unpaired) electrons. The summed E-state index contributed by atoms with van der Waals surface area (Å²) in [7, 11) is 0. The van der Waals surface area contributed by atoms with Crippen LogP contribution in [0.25, 0.3) is 0 Å². The Labute approximate surface area is 61.7 Å². The van der Waals surface area contributed by atoms with E-state index < -0.39 is 5.03 Å². The number of hydrogen-bond donors (Lipinski definition) is 1. The van der Waals surface area contributed by atoms with Gasteiger partial charge in [-0.05, 0) is 5.43 Å². The Balaban J connectivity index is 0. The van der Waals surface area contributed by atoms with E-state index in [1.807, 2.05) is 0 Å². The number of rotatable bonds is 1. The second-order valence-electron chi connectivity index (χ2n) is 0.481. The number of nitro groups is 1. The van der Waals surface area contributed by atoms with Crippen LogP contribution in [0.15, 0.2) is 0 Å². The second-order valence-corrected chi connectivity index (χ2v) is 0.481. The molecule has 0 bridgehead atoms. The van der Waals surface area contributed by atoms with E-state index in [-0.39, 0.29) is 29.6 Å². The number of hydrogen-bond acceptors (Lipinski definition) is 3. The zero-order chi connectivity index (χ0) is 4.99. The molecule has 0 saturated heterocycles. The molecule has 0 saturated carbocycles. The fraction of sp³-hybridized carbons (Fsp3) is 0. The molecule has 1 N–H and O–H groups in total. The monoisotopic (exact) mass is 111 g/mol. The van der Waals surface area contributed by atoms with E-state index in [1.54, 1.807) is 0 Å². The minimum absolute atomic E-state index is 0. The Kier molecular flexibility index (Phi) is 8.00. The normalized spacial score (nSPS) is 5.00. The third-order valence-corrected chi connectivity index (χ3v) is 0.141. The molecule has 0 aliphatic heterocycles. The van der Waals surface area contributed by atoms with Crippen molar-refractivity contribution >= 4 is 29.6 Å². The van der Waals surface area contributed by atoms with Crippen LogP contribution in [-0.2, 0) is 0 Å². The summed E-state index contributed by atoms with van der Waals surface area (Å²) in [6.45, 7) is 0. The van der Waals surface area contributed by atoms with Gasteiger partial charge in [0.15, 0.2) is 5.03 Å². The van der Waals surface area contributed by atoms with Crippen molar-refractivity contribution in [3.63, 3.8) is 0 Å². The van der Waals surface area contributed by atoms with Crippen LogP contribution in [-0.4, -0.2) is 34.6 Å². The summed E-state index contributed by atoms with van der Waals surface area (Å²) in [6.07, 6.45) is 1.12. The molecular formula is CH2N3NaO2. The van der Waals surface area contributed by atoms with Gasteiger partial charge in [0.25, 0.3) is 0 Å². The summed E-state index contributed by atoms with van der Waals surface area (Å²) in [6, 6.07) is 0. The summed E-state index contributed by atoms with van der Waals surface area (Å²) in [4.78, 5) is 9.07. The first-order valence-corrected chi connectivity index (χ1v) is 1.06. The molecule has 0 aromatic heterocycles. The molecule has 0 amide bonds. The van der Waals surface area contributed by atoms with Gasteiger partial charge in [0.2, 0.25) is 6.19 Å². The molecule has 0 aliphatic carbocycles. The maximum absolute atomic E-state index is 9.07. The topological polar surface area (TPSA) is 79.0 Å². The van der Waals surface area contributed by atoms with Crippen LogP contribution in [0.5, 0.6) is 0 Å². The Hall–Kier alpha value is -0.310. The molecule has 0 atom stereocenters. The molecule has 0 rings (SSSR count). The third-order valence-electron chi connectivity index (χ3n) is 0.141. The fourth-order valence-electron chi connectivity index (χ4n) is 0.0408. The van der Waals surface area contributed by atoms with Crippen molar-refractivity contribution in [2.24, 2.45) is 0 Å². The number of nitriles is 1. The average molecular weight is 111 g/mol. The van der Waals surface area contributed by atoms with E-state index in [4.69, 9.17) is 15.4 Å². The molecule has 34 valence electrons. The van der Waals surface area contributed by atoms with Crippen molar-refractivity contribution in [3.05, 3.63) is 10.1 Å². The van der Waals surface area contributed by atoms with Crippen molar-refractivity contribution in [2.75, 3.05) is 0 Å². The summed E-state index contributed by atoms with van der Waals surface area (Å²) in [5, 5.41) is 15.6. The molecule has 0 unspecified atom stereocenters. The molecule has 5 nitrogen and oxygen atoms in total. The van der Waals surface area contributed by atoms with Gasteiger partial charge in [0, 0.05) is 0 Å². The fourth-order valence-corrected chi connectivity index (χ4v) is 0.0408. The SMILES string of the molecule is N#CN[N+](=O)[O-].[NaH]. The molecule has 0 aromatic rings. The summed E-state index contributed by atoms with van der Waals surface area (Å²) < 4.78 is 0. The Morgan fingerprint density at radius 3 is 2.29 bits per heavy atom. The van der Waals surface area contributed by atoms with Gasteiger partial charge in [-0.3, -0.25) is 0 Å². The number of hydrazine groups is 1. The molecule has 0 aromatic carbocycles. The molecule has 6 heteroatoms. The van der Waals surface area contributed by atoms with Crippen LogP contribution < -0.4 is 5.43 Å². The molecule has 7 heavy (non-hydrogen) atoms. The van der Waals surface area contributed by atoms with Crippen LogP contribution in [0.1, 0.15) is 0 Å². The van der Waals surface area contributed by atoms with Gasteiger partial charge in [0.1, 0.15) is 0 Å². The third kappa shape index (κ3) is 10.7. The average Bonchev–Trinajstić information content (AvgIpc) is 1.35. The number of nitrogens with zero attached hydrogens (tertiary/aromatic N) is 2. The van der Waals surface area contributed by atoms with E-state index in [0.29, 0.717) is 0 Å². The first-order valence-electron chi connectivity index (χ1n) is 1.06. The van der Waals surface area contributed by atoms with Gasteiger partial charge < -0.3 is 0 Å². The molecular weight excluding hydrogens is 109 g/mol. The van der Waals surface area contributed by atoms with Crippen molar-refractivity contribution in [2.45, 2.75) is 0 Å². The summed E-state index contributed by atoms with van der Waals surface area (Å²) >= 11 is 0. The van der Waals surface area contributed by atoms with Gasteiger partial charge in [-0.15, -0.1) is 0 Å². The van der Waals surface area contributed by atoms with Gasteiger partial charge in [-0.1, -0.05) is 0 Å². The Morgan fingerprint density at radius 1 is 1.86 bits per heavy atom. The standard InChI is InChI=1S/CHN3O2.Na.H/c2-1-3-4(5)6;;/h3H;;. The van der Waals surface area contributed by atoms with E-state index >= 15 is 0 Å². The van der Waals surface area contributed by atoms with Gasteiger partial charge in [-0.25, -0.2) is 10.1 Å².